The molecule has 3 aromatic carbocycles. The van der Waals surface area contributed by atoms with Crippen molar-refractivity contribution in [1.82, 2.24) is 0 Å². The molecule has 1 unspecified atom stereocenters. The monoisotopic (exact) mass is 533 g/mol. The number of benzene rings is 3. The van der Waals surface area contributed by atoms with Crippen molar-refractivity contribution in [3.63, 3.8) is 0 Å². The van der Waals surface area contributed by atoms with Gasteiger partial charge in [-0.1, -0.05) is 47.6 Å². The highest BCUT2D eigenvalue weighted by Gasteiger charge is 2.41. The van der Waals surface area contributed by atoms with Crippen LogP contribution >= 0.6 is 23.4 Å². The second-order valence-corrected chi connectivity index (χ2v) is 9.61. The molecule has 37 heavy (non-hydrogen) atoms. The average molecular weight is 534 g/mol. The zero-order valence-electron chi connectivity index (χ0n) is 20.2. The first-order chi connectivity index (χ1) is 17.9. The van der Waals surface area contributed by atoms with Crippen LogP contribution in [0.4, 0.5) is 11.4 Å². The molecule has 0 spiro atoms. The lowest BCUT2D eigenvalue weighted by atomic mass is 10.1. The maximum Gasteiger partial charge on any atom is 0.269 e. The van der Waals surface area contributed by atoms with Gasteiger partial charge < -0.3 is 14.8 Å². The van der Waals surface area contributed by atoms with Crippen molar-refractivity contribution >= 4 is 46.6 Å². The number of hydrogen-bond donors (Lipinski definition) is 1. The van der Waals surface area contributed by atoms with Crippen LogP contribution in [0.1, 0.15) is 12.5 Å². The Hall–Kier alpha value is -3.93. The number of ether oxygens (including phenoxy) is 2. The minimum Gasteiger partial charge on any atom is -0.495 e. The maximum atomic E-state index is 13.7. The first-order valence-electron chi connectivity index (χ1n) is 11.5. The predicted molar refractivity (Wildman–Crippen MR) is 146 cm³/mol. The van der Waals surface area contributed by atoms with E-state index in [4.69, 9.17) is 21.1 Å². The molecule has 0 aliphatic carbocycles. The third kappa shape index (κ3) is 5.91. The second-order valence-electron chi connectivity index (χ2n) is 7.98. The third-order valence-electron chi connectivity index (χ3n) is 5.60. The number of nitrogens with one attached hydrogen (secondary N) is 1. The van der Waals surface area contributed by atoms with Crippen LogP contribution in [0, 0.1) is 11.3 Å². The molecular weight excluding hydrogens is 510 g/mol. The molecule has 0 aromatic heterocycles. The van der Waals surface area contributed by atoms with E-state index in [-0.39, 0.29) is 16.5 Å². The number of anilines is 2. The molecule has 188 valence electrons. The van der Waals surface area contributed by atoms with Gasteiger partial charge in [-0.15, -0.1) is 0 Å². The molecule has 1 N–H and O–H groups in total. The Labute approximate surface area is 224 Å². The van der Waals surface area contributed by atoms with Gasteiger partial charge in [0.05, 0.1) is 24.7 Å². The van der Waals surface area contributed by atoms with E-state index in [2.05, 4.69) is 5.32 Å². The molecule has 0 bridgehead atoms. The van der Waals surface area contributed by atoms with E-state index >= 15 is 0 Å². The summed E-state index contributed by atoms with van der Waals surface area (Å²) in [6.45, 7) is 2.39. The van der Waals surface area contributed by atoms with Gasteiger partial charge in [0.15, 0.2) is 0 Å². The van der Waals surface area contributed by atoms with Gasteiger partial charge in [0, 0.05) is 10.7 Å². The van der Waals surface area contributed by atoms with E-state index in [1.54, 1.807) is 60.7 Å². The van der Waals surface area contributed by atoms with Crippen molar-refractivity contribution in [2.24, 2.45) is 0 Å². The summed E-state index contributed by atoms with van der Waals surface area (Å²) in [7, 11) is 1.50. The SMILES string of the molecule is CCOc1ccc(N2C(=O)C(Cc3ccc(Cl)cc3)S/C2=C(/C#N)C(=O)Nc2ccccc2OC)cc1. The Balaban J connectivity index is 1.72. The largest absolute Gasteiger partial charge is 0.495 e. The summed E-state index contributed by atoms with van der Waals surface area (Å²) in [6, 6.07) is 23.2. The number of methoxy groups -OCH3 is 1. The summed E-state index contributed by atoms with van der Waals surface area (Å²) in [5.41, 5.74) is 1.70. The molecule has 9 heteroatoms. The highest BCUT2D eigenvalue weighted by Crippen LogP contribution is 2.42. The van der Waals surface area contributed by atoms with E-state index in [0.717, 1.165) is 5.56 Å². The number of hydrogen-bond acceptors (Lipinski definition) is 6. The van der Waals surface area contributed by atoms with Crippen LogP contribution in [-0.4, -0.2) is 30.8 Å². The van der Waals surface area contributed by atoms with Gasteiger partial charge in [0.25, 0.3) is 5.91 Å². The molecule has 1 fully saturated rings. The normalized spacial score (nSPS) is 16.2. The predicted octanol–water partition coefficient (Wildman–Crippen LogP) is 5.81. The highest BCUT2D eigenvalue weighted by molar-refractivity contribution is 8.05. The summed E-state index contributed by atoms with van der Waals surface area (Å²) in [5.74, 6) is 0.253. The highest BCUT2D eigenvalue weighted by atomic mass is 35.5. The van der Waals surface area contributed by atoms with Gasteiger partial charge >= 0.3 is 0 Å². The van der Waals surface area contributed by atoms with Gasteiger partial charge in [0.1, 0.15) is 28.2 Å². The van der Waals surface area contributed by atoms with Crippen molar-refractivity contribution in [2.75, 3.05) is 23.9 Å². The maximum absolute atomic E-state index is 13.7. The fourth-order valence-corrected chi connectivity index (χ4v) is 5.28. The van der Waals surface area contributed by atoms with Gasteiger partial charge in [-0.25, -0.2) is 0 Å². The Kier molecular flexibility index (Phi) is 8.39. The van der Waals surface area contributed by atoms with Crippen molar-refractivity contribution < 1.29 is 19.1 Å². The molecule has 1 aliphatic rings. The van der Waals surface area contributed by atoms with Crippen molar-refractivity contribution in [3.05, 3.63) is 94.0 Å². The van der Waals surface area contributed by atoms with Gasteiger partial charge in [0.2, 0.25) is 5.91 Å². The molecule has 1 aliphatic heterocycles. The number of nitriles is 1. The minimum atomic E-state index is -0.634. The molecule has 1 atom stereocenters. The fourth-order valence-electron chi connectivity index (χ4n) is 3.85. The number of halogens is 1. The molecule has 1 heterocycles. The Bertz CT molecular complexity index is 1370. The van der Waals surface area contributed by atoms with Gasteiger partial charge in [-0.2, -0.15) is 5.26 Å². The van der Waals surface area contributed by atoms with Crippen molar-refractivity contribution in [3.8, 4) is 17.6 Å². The summed E-state index contributed by atoms with van der Waals surface area (Å²) in [5, 5.41) is 13.1. The lowest BCUT2D eigenvalue weighted by Crippen LogP contribution is -2.30. The van der Waals surface area contributed by atoms with E-state index in [9.17, 15) is 14.9 Å². The third-order valence-corrected chi connectivity index (χ3v) is 7.12. The molecule has 2 amide bonds. The van der Waals surface area contributed by atoms with Gasteiger partial charge in [-0.3, -0.25) is 14.5 Å². The van der Waals surface area contributed by atoms with Crippen molar-refractivity contribution in [2.45, 2.75) is 18.6 Å². The fraction of sp³-hybridized carbons (Fsp3) is 0.179. The van der Waals surface area contributed by atoms with E-state index in [1.807, 2.05) is 25.1 Å². The lowest BCUT2D eigenvalue weighted by molar-refractivity contribution is -0.117. The summed E-state index contributed by atoms with van der Waals surface area (Å²) in [6.07, 6.45) is 0.407. The molecule has 7 nitrogen and oxygen atoms in total. The zero-order valence-corrected chi connectivity index (χ0v) is 21.8. The first-order valence-corrected chi connectivity index (χ1v) is 12.8. The standard InChI is InChI=1S/C28H24ClN3O4S/c1-3-36-21-14-12-20(13-15-21)32-27(34)25(16-18-8-10-19(29)11-9-18)37-28(32)22(17-30)26(33)31-23-6-4-5-7-24(23)35-2/h4-15,25H,3,16H2,1-2H3,(H,31,33)/b28-22-. The van der Waals surface area contributed by atoms with E-state index in [1.165, 1.54) is 23.8 Å². The number of carbonyl (C=O) groups is 2. The Morgan fingerprint density at radius 2 is 1.81 bits per heavy atom. The number of thioether (sulfide) groups is 1. The number of rotatable bonds is 8. The van der Waals surface area contributed by atoms with Crippen LogP contribution in [0.15, 0.2) is 83.4 Å². The van der Waals surface area contributed by atoms with Crippen LogP contribution in [0.3, 0.4) is 0 Å². The van der Waals surface area contributed by atoms with Crippen molar-refractivity contribution in [1.29, 1.82) is 5.26 Å². The van der Waals surface area contributed by atoms with Crippen LogP contribution in [-0.2, 0) is 16.0 Å². The molecule has 0 radical (unpaired) electrons. The number of amides is 2. The van der Waals surface area contributed by atoms with E-state index in [0.29, 0.717) is 40.9 Å². The van der Waals surface area contributed by atoms with E-state index < -0.39 is 11.2 Å². The Morgan fingerprint density at radius 1 is 1.11 bits per heavy atom. The number of carbonyl (C=O) groups excluding carboxylic acids is 2. The Morgan fingerprint density at radius 3 is 2.46 bits per heavy atom. The summed E-state index contributed by atoms with van der Waals surface area (Å²) >= 11 is 7.21. The second kappa shape index (κ2) is 11.9. The molecule has 3 aromatic rings. The quantitative estimate of drug-likeness (QED) is 0.290. The average Bonchev–Trinajstić information content (AvgIpc) is 3.22. The molecule has 0 saturated carbocycles. The topological polar surface area (TPSA) is 91.7 Å². The zero-order chi connectivity index (χ0) is 26.4. The first kappa shape index (κ1) is 26.1. The van der Waals surface area contributed by atoms with Gasteiger partial charge in [-0.05, 0) is 67.4 Å². The number of para-hydroxylation sites is 2. The minimum absolute atomic E-state index is 0.170. The van der Waals surface area contributed by atoms with Crippen LogP contribution in [0.2, 0.25) is 5.02 Å². The molecular formula is C28H24ClN3O4S. The lowest BCUT2D eigenvalue weighted by Gasteiger charge is -2.19. The summed E-state index contributed by atoms with van der Waals surface area (Å²) in [4.78, 5) is 28.4. The molecule has 1 saturated heterocycles. The molecule has 4 rings (SSSR count). The van der Waals surface area contributed by atoms with Crippen LogP contribution in [0.5, 0.6) is 11.5 Å². The van der Waals surface area contributed by atoms with Crippen LogP contribution in [0.25, 0.3) is 0 Å². The number of nitrogens with zero attached hydrogens (tertiary/aromatic N) is 2. The smallest absolute Gasteiger partial charge is 0.269 e. The van der Waals surface area contributed by atoms with Crippen LogP contribution < -0.4 is 19.7 Å². The summed E-state index contributed by atoms with van der Waals surface area (Å²) < 4.78 is 10.8.